The van der Waals surface area contributed by atoms with Gasteiger partial charge in [-0.15, -0.1) is 11.6 Å². The number of methoxy groups -OCH3 is 1. The first kappa shape index (κ1) is 14.6. The van der Waals surface area contributed by atoms with Crippen LogP contribution >= 0.6 is 11.6 Å². The molecule has 0 aliphatic rings. The van der Waals surface area contributed by atoms with Crippen LogP contribution in [-0.2, 0) is 0 Å². The molecule has 1 atom stereocenters. The molecule has 0 aliphatic carbocycles. The van der Waals surface area contributed by atoms with Gasteiger partial charge in [-0.1, -0.05) is 13.0 Å². The van der Waals surface area contributed by atoms with Crippen LogP contribution in [-0.4, -0.2) is 30.5 Å². The highest BCUT2D eigenvalue weighted by atomic mass is 35.5. The number of carbonyl (C=O) groups is 1. The van der Waals surface area contributed by atoms with E-state index in [0.717, 1.165) is 6.42 Å². The molecule has 2 N–H and O–H groups in total. The first-order chi connectivity index (χ1) is 8.60. The van der Waals surface area contributed by atoms with Crippen LogP contribution in [0, 0.1) is 5.92 Å². The van der Waals surface area contributed by atoms with E-state index < -0.39 is 0 Å². The van der Waals surface area contributed by atoms with Crippen molar-refractivity contribution in [3.05, 3.63) is 23.8 Å². The van der Waals surface area contributed by atoms with E-state index in [4.69, 9.17) is 16.3 Å². The maximum Gasteiger partial charge on any atom is 0.255 e. The predicted octanol–water partition coefficient (Wildman–Crippen LogP) is 2.40. The standard InChI is InChI=1S/C13H18ClNO3/c1-9(6-7-14)8-15-13(17)10-4-3-5-11(18-2)12(10)16/h3-5,9,16H,6-8H2,1-2H3,(H,15,17). The van der Waals surface area contributed by atoms with Crippen molar-refractivity contribution in [2.75, 3.05) is 19.5 Å². The van der Waals surface area contributed by atoms with Gasteiger partial charge in [-0.2, -0.15) is 0 Å². The number of hydrogen-bond acceptors (Lipinski definition) is 3. The molecule has 0 aromatic heterocycles. The molecular weight excluding hydrogens is 254 g/mol. The normalized spacial score (nSPS) is 11.9. The number of amides is 1. The summed E-state index contributed by atoms with van der Waals surface area (Å²) in [6, 6.07) is 4.82. The van der Waals surface area contributed by atoms with Crippen LogP contribution in [0.5, 0.6) is 11.5 Å². The van der Waals surface area contributed by atoms with Gasteiger partial charge < -0.3 is 15.2 Å². The molecule has 5 heteroatoms. The number of benzene rings is 1. The molecule has 0 heterocycles. The number of rotatable bonds is 6. The van der Waals surface area contributed by atoms with Crippen LogP contribution in [0.4, 0.5) is 0 Å². The summed E-state index contributed by atoms with van der Waals surface area (Å²) in [4.78, 5) is 11.9. The summed E-state index contributed by atoms with van der Waals surface area (Å²) in [6.07, 6.45) is 0.839. The molecule has 0 fully saturated rings. The van der Waals surface area contributed by atoms with Crippen LogP contribution in [0.15, 0.2) is 18.2 Å². The Morgan fingerprint density at radius 2 is 2.28 bits per heavy atom. The summed E-state index contributed by atoms with van der Waals surface area (Å²) in [5.41, 5.74) is 0.215. The second-order valence-corrected chi connectivity index (χ2v) is 4.53. The number of carbonyl (C=O) groups excluding carboxylic acids is 1. The Morgan fingerprint density at radius 1 is 1.56 bits per heavy atom. The third kappa shape index (κ3) is 3.81. The Balaban J connectivity index is 2.67. The second-order valence-electron chi connectivity index (χ2n) is 4.15. The van der Waals surface area contributed by atoms with Gasteiger partial charge in [0, 0.05) is 12.4 Å². The van der Waals surface area contributed by atoms with Gasteiger partial charge in [0.25, 0.3) is 5.91 Å². The Hall–Kier alpha value is -1.42. The van der Waals surface area contributed by atoms with E-state index in [1.807, 2.05) is 6.92 Å². The molecular formula is C13H18ClNO3. The minimum atomic E-state index is -0.312. The van der Waals surface area contributed by atoms with Gasteiger partial charge in [0.05, 0.1) is 12.7 Å². The molecule has 1 unspecified atom stereocenters. The fourth-order valence-corrected chi connectivity index (χ4v) is 1.89. The second kappa shape index (κ2) is 7.11. The molecule has 1 rings (SSSR count). The molecule has 0 radical (unpaired) electrons. The molecule has 0 aliphatic heterocycles. The molecule has 4 nitrogen and oxygen atoms in total. The first-order valence-electron chi connectivity index (χ1n) is 5.80. The number of hydrogen-bond donors (Lipinski definition) is 2. The lowest BCUT2D eigenvalue weighted by molar-refractivity contribution is 0.0944. The Labute approximate surface area is 112 Å². The number of para-hydroxylation sites is 1. The Morgan fingerprint density at radius 3 is 2.89 bits per heavy atom. The van der Waals surface area contributed by atoms with E-state index in [1.54, 1.807) is 18.2 Å². The Bertz CT molecular complexity index is 409. The number of nitrogens with one attached hydrogen (secondary N) is 1. The summed E-state index contributed by atoms with van der Waals surface area (Å²) in [6.45, 7) is 2.54. The zero-order valence-electron chi connectivity index (χ0n) is 10.6. The van der Waals surface area contributed by atoms with E-state index in [-0.39, 0.29) is 23.0 Å². The van der Waals surface area contributed by atoms with Gasteiger partial charge in [-0.05, 0) is 24.5 Å². The number of ether oxygens (including phenoxy) is 1. The predicted molar refractivity (Wildman–Crippen MR) is 71.5 cm³/mol. The highest BCUT2D eigenvalue weighted by Gasteiger charge is 2.14. The van der Waals surface area contributed by atoms with Crippen molar-refractivity contribution in [2.24, 2.45) is 5.92 Å². The molecule has 1 aromatic carbocycles. The number of phenolic OH excluding ortho intramolecular Hbond substituents is 1. The number of aromatic hydroxyl groups is 1. The maximum atomic E-state index is 11.9. The third-order valence-electron chi connectivity index (χ3n) is 2.68. The van der Waals surface area contributed by atoms with Gasteiger partial charge in [0.15, 0.2) is 11.5 Å². The number of alkyl halides is 1. The van der Waals surface area contributed by atoms with E-state index in [0.29, 0.717) is 18.3 Å². The Kier molecular flexibility index (Phi) is 5.78. The van der Waals surface area contributed by atoms with Crippen molar-refractivity contribution in [1.29, 1.82) is 0 Å². The lowest BCUT2D eigenvalue weighted by Crippen LogP contribution is -2.28. The fraction of sp³-hybridized carbons (Fsp3) is 0.462. The van der Waals surface area contributed by atoms with Crippen molar-refractivity contribution in [3.8, 4) is 11.5 Å². The van der Waals surface area contributed by atoms with Crippen LogP contribution in [0.2, 0.25) is 0 Å². The highest BCUT2D eigenvalue weighted by molar-refractivity contribution is 6.17. The number of halogens is 1. The number of phenols is 1. The van der Waals surface area contributed by atoms with Gasteiger partial charge in [-0.3, -0.25) is 4.79 Å². The summed E-state index contributed by atoms with van der Waals surface area (Å²) < 4.78 is 4.95. The van der Waals surface area contributed by atoms with E-state index in [9.17, 15) is 9.90 Å². The smallest absolute Gasteiger partial charge is 0.255 e. The monoisotopic (exact) mass is 271 g/mol. The average Bonchev–Trinajstić information content (AvgIpc) is 2.36. The minimum Gasteiger partial charge on any atom is -0.504 e. The molecule has 1 aromatic rings. The maximum absolute atomic E-state index is 11.9. The zero-order chi connectivity index (χ0) is 13.5. The lowest BCUT2D eigenvalue weighted by atomic mass is 10.1. The van der Waals surface area contributed by atoms with Crippen LogP contribution < -0.4 is 10.1 Å². The van der Waals surface area contributed by atoms with Crippen molar-refractivity contribution in [2.45, 2.75) is 13.3 Å². The highest BCUT2D eigenvalue weighted by Crippen LogP contribution is 2.29. The topological polar surface area (TPSA) is 58.6 Å². The summed E-state index contributed by atoms with van der Waals surface area (Å²) in [7, 11) is 1.44. The van der Waals surface area contributed by atoms with Crippen LogP contribution in [0.25, 0.3) is 0 Å². The largest absolute Gasteiger partial charge is 0.504 e. The molecule has 0 spiro atoms. The summed E-state index contributed by atoms with van der Waals surface area (Å²) >= 11 is 5.62. The van der Waals surface area contributed by atoms with E-state index >= 15 is 0 Å². The van der Waals surface area contributed by atoms with Crippen molar-refractivity contribution in [3.63, 3.8) is 0 Å². The molecule has 100 valence electrons. The molecule has 18 heavy (non-hydrogen) atoms. The SMILES string of the molecule is COc1cccc(C(=O)NCC(C)CCCl)c1O. The van der Waals surface area contributed by atoms with Gasteiger partial charge >= 0.3 is 0 Å². The van der Waals surface area contributed by atoms with Crippen molar-refractivity contribution >= 4 is 17.5 Å². The zero-order valence-corrected chi connectivity index (χ0v) is 11.3. The quantitative estimate of drug-likeness (QED) is 0.781. The van der Waals surface area contributed by atoms with Gasteiger partial charge in [0.2, 0.25) is 0 Å². The first-order valence-corrected chi connectivity index (χ1v) is 6.33. The van der Waals surface area contributed by atoms with E-state index in [2.05, 4.69) is 5.32 Å². The van der Waals surface area contributed by atoms with Gasteiger partial charge in [0.1, 0.15) is 0 Å². The third-order valence-corrected chi connectivity index (χ3v) is 2.89. The summed E-state index contributed by atoms with van der Waals surface area (Å²) in [5.74, 6) is 0.715. The average molecular weight is 272 g/mol. The van der Waals surface area contributed by atoms with Crippen molar-refractivity contribution < 1.29 is 14.6 Å². The molecule has 0 saturated carbocycles. The van der Waals surface area contributed by atoms with Gasteiger partial charge in [-0.25, -0.2) is 0 Å². The van der Waals surface area contributed by atoms with Crippen LogP contribution in [0.3, 0.4) is 0 Å². The van der Waals surface area contributed by atoms with E-state index in [1.165, 1.54) is 7.11 Å². The minimum absolute atomic E-state index is 0.137. The molecule has 0 saturated heterocycles. The molecule has 1 amide bonds. The fourth-order valence-electron chi connectivity index (χ4n) is 1.52. The lowest BCUT2D eigenvalue weighted by Gasteiger charge is -2.12. The molecule has 0 bridgehead atoms. The summed E-state index contributed by atoms with van der Waals surface area (Å²) in [5, 5.41) is 12.6. The van der Waals surface area contributed by atoms with Crippen LogP contribution in [0.1, 0.15) is 23.7 Å². The van der Waals surface area contributed by atoms with Crippen molar-refractivity contribution in [1.82, 2.24) is 5.32 Å².